The number of alkyl halides is 8. The molecule has 34 heavy (non-hydrogen) atoms. The average molecular weight is 504 g/mol. The summed E-state index contributed by atoms with van der Waals surface area (Å²) in [5.41, 5.74) is -6.64. The lowest BCUT2D eigenvalue weighted by Crippen LogP contribution is -2.37. The standard InChI is InChI=1S/C20H21F9N4O/c1-4-8-30-10-11-9-12(6-7-13(11)21)33(5-2)17(34)15-14(19(24,25)26)16(31-32(15)3)18(22,23)20(27,28)29/h6-7,9,30H,4-5,8,10H2,1-3H3. The van der Waals surface area contributed by atoms with E-state index in [0.717, 1.165) is 18.6 Å². The minimum Gasteiger partial charge on any atom is -0.313 e. The van der Waals surface area contributed by atoms with Crippen molar-refractivity contribution < 1.29 is 44.3 Å². The maximum absolute atomic E-state index is 14.1. The summed E-state index contributed by atoms with van der Waals surface area (Å²) < 4.78 is 121. The van der Waals surface area contributed by atoms with Crippen LogP contribution in [0.25, 0.3) is 0 Å². The highest BCUT2D eigenvalue weighted by atomic mass is 19.4. The first-order valence-corrected chi connectivity index (χ1v) is 9.98. The molecule has 0 aliphatic heterocycles. The lowest BCUT2D eigenvalue weighted by atomic mass is 10.1. The Balaban J connectivity index is 2.63. The lowest BCUT2D eigenvalue weighted by Gasteiger charge is -2.23. The van der Waals surface area contributed by atoms with Gasteiger partial charge in [-0.3, -0.25) is 9.48 Å². The van der Waals surface area contributed by atoms with Crippen LogP contribution in [0.4, 0.5) is 45.2 Å². The second-order valence-corrected chi connectivity index (χ2v) is 7.27. The van der Waals surface area contributed by atoms with Crippen molar-refractivity contribution in [2.75, 3.05) is 18.0 Å². The largest absolute Gasteiger partial charge is 0.459 e. The number of halogens is 9. The minimum absolute atomic E-state index is 0.0285. The third-order valence-corrected chi connectivity index (χ3v) is 4.83. The zero-order chi connectivity index (χ0) is 26.1. The number of carbonyl (C=O) groups is 1. The molecule has 1 amide bonds. The molecule has 1 heterocycles. The van der Waals surface area contributed by atoms with Crippen LogP contribution in [-0.4, -0.2) is 35.0 Å². The van der Waals surface area contributed by atoms with Gasteiger partial charge in [-0.25, -0.2) is 4.39 Å². The van der Waals surface area contributed by atoms with E-state index in [2.05, 4.69) is 10.4 Å². The Kier molecular flexibility index (Phi) is 7.95. The third-order valence-electron chi connectivity index (χ3n) is 4.83. The summed E-state index contributed by atoms with van der Waals surface area (Å²) >= 11 is 0. The molecular formula is C20H21F9N4O. The lowest BCUT2D eigenvalue weighted by molar-refractivity contribution is -0.292. The molecule has 0 aliphatic rings. The van der Waals surface area contributed by atoms with Crippen LogP contribution in [0.3, 0.4) is 0 Å². The number of aromatic nitrogens is 2. The van der Waals surface area contributed by atoms with E-state index in [4.69, 9.17) is 0 Å². The molecule has 190 valence electrons. The molecule has 2 rings (SSSR count). The maximum atomic E-state index is 14.1. The topological polar surface area (TPSA) is 50.2 Å². The molecule has 0 saturated heterocycles. The van der Waals surface area contributed by atoms with Crippen LogP contribution < -0.4 is 10.2 Å². The molecule has 14 heteroatoms. The zero-order valence-electron chi connectivity index (χ0n) is 18.2. The van der Waals surface area contributed by atoms with Gasteiger partial charge in [0.05, 0.1) is 0 Å². The van der Waals surface area contributed by atoms with E-state index in [9.17, 15) is 44.3 Å². The van der Waals surface area contributed by atoms with E-state index in [0.29, 0.717) is 18.5 Å². The Hall–Kier alpha value is -2.77. The molecule has 5 nitrogen and oxygen atoms in total. The second-order valence-electron chi connectivity index (χ2n) is 7.27. The van der Waals surface area contributed by atoms with Crippen LogP contribution in [0.2, 0.25) is 0 Å². The molecule has 0 spiro atoms. The van der Waals surface area contributed by atoms with Crippen molar-refractivity contribution in [2.45, 2.75) is 45.1 Å². The summed E-state index contributed by atoms with van der Waals surface area (Å²) in [5.74, 6) is -8.17. The summed E-state index contributed by atoms with van der Waals surface area (Å²) in [6, 6.07) is 3.22. The number of nitrogens with one attached hydrogen (secondary N) is 1. The minimum atomic E-state index is -6.39. The number of amides is 1. The van der Waals surface area contributed by atoms with Crippen molar-refractivity contribution in [2.24, 2.45) is 7.05 Å². The number of anilines is 1. The fraction of sp³-hybridized carbons (Fsp3) is 0.500. The van der Waals surface area contributed by atoms with Gasteiger partial charge in [0, 0.05) is 31.4 Å². The number of hydrogen-bond donors (Lipinski definition) is 1. The third kappa shape index (κ3) is 5.31. The first-order valence-electron chi connectivity index (χ1n) is 9.98. The molecule has 1 N–H and O–H groups in total. The summed E-state index contributed by atoms with van der Waals surface area (Å²) in [7, 11) is 0.650. The van der Waals surface area contributed by atoms with Crippen molar-refractivity contribution in [3.63, 3.8) is 0 Å². The number of nitrogens with zero attached hydrogens (tertiary/aromatic N) is 3. The molecule has 0 unspecified atom stereocenters. The van der Waals surface area contributed by atoms with E-state index in [1.54, 1.807) is 0 Å². The highest BCUT2D eigenvalue weighted by Gasteiger charge is 2.64. The fourth-order valence-electron chi connectivity index (χ4n) is 3.23. The predicted molar refractivity (Wildman–Crippen MR) is 104 cm³/mol. The van der Waals surface area contributed by atoms with Gasteiger partial charge >= 0.3 is 18.3 Å². The van der Waals surface area contributed by atoms with Crippen molar-refractivity contribution >= 4 is 11.6 Å². The molecule has 0 bridgehead atoms. The molecule has 0 radical (unpaired) electrons. The van der Waals surface area contributed by atoms with Gasteiger partial charge in [0.25, 0.3) is 5.91 Å². The van der Waals surface area contributed by atoms with Gasteiger partial charge < -0.3 is 10.2 Å². The van der Waals surface area contributed by atoms with Crippen LogP contribution in [0.15, 0.2) is 18.2 Å². The molecule has 0 atom stereocenters. The van der Waals surface area contributed by atoms with Gasteiger partial charge in [0.2, 0.25) is 0 Å². The average Bonchev–Trinajstić information content (AvgIpc) is 3.08. The van der Waals surface area contributed by atoms with E-state index in [-0.39, 0.29) is 29.0 Å². The summed E-state index contributed by atoms with van der Waals surface area (Å²) in [6.45, 7) is 3.45. The van der Waals surface area contributed by atoms with E-state index < -0.39 is 47.0 Å². The van der Waals surface area contributed by atoms with Crippen LogP contribution in [-0.2, 0) is 25.7 Å². The number of aryl methyl sites for hydroxylation is 1. The predicted octanol–water partition coefficient (Wildman–Crippen LogP) is 5.40. The number of carbonyl (C=O) groups excluding carboxylic acids is 1. The molecule has 0 saturated carbocycles. The molecular weight excluding hydrogens is 483 g/mol. The number of rotatable bonds is 8. The van der Waals surface area contributed by atoms with Crippen LogP contribution in [0, 0.1) is 5.82 Å². The monoisotopic (exact) mass is 504 g/mol. The van der Waals surface area contributed by atoms with Gasteiger partial charge in [0.1, 0.15) is 17.1 Å². The smallest absolute Gasteiger partial charge is 0.313 e. The Morgan fingerprint density at radius 3 is 2.21 bits per heavy atom. The Labute approximate surface area is 188 Å². The molecule has 0 fully saturated rings. The first kappa shape index (κ1) is 27.5. The highest BCUT2D eigenvalue weighted by molar-refractivity contribution is 6.06. The Morgan fingerprint density at radius 2 is 1.71 bits per heavy atom. The molecule has 2 aromatic rings. The SMILES string of the molecule is CCCNCc1cc(N(CC)C(=O)c2c(C(F)(F)F)c(C(F)(F)C(F)(F)F)nn2C)ccc1F. The van der Waals surface area contributed by atoms with Gasteiger partial charge in [-0.15, -0.1) is 0 Å². The van der Waals surface area contributed by atoms with Gasteiger partial charge in [-0.1, -0.05) is 6.92 Å². The number of hydrogen-bond acceptors (Lipinski definition) is 3. The quantitative estimate of drug-likeness (QED) is 0.387. The Bertz CT molecular complexity index is 1030. The second kappa shape index (κ2) is 9.84. The zero-order valence-corrected chi connectivity index (χ0v) is 18.2. The van der Waals surface area contributed by atoms with Crippen molar-refractivity contribution in [1.29, 1.82) is 0 Å². The van der Waals surface area contributed by atoms with E-state index in [1.807, 2.05) is 6.92 Å². The highest BCUT2D eigenvalue weighted by Crippen LogP contribution is 2.48. The van der Waals surface area contributed by atoms with Crippen LogP contribution in [0.5, 0.6) is 0 Å². The van der Waals surface area contributed by atoms with E-state index >= 15 is 0 Å². The summed E-state index contributed by atoms with van der Waals surface area (Å²) in [5, 5.41) is 5.65. The fourth-order valence-corrected chi connectivity index (χ4v) is 3.23. The van der Waals surface area contributed by atoms with Gasteiger partial charge in [0.15, 0.2) is 5.69 Å². The summed E-state index contributed by atoms with van der Waals surface area (Å²) in [4.78, 5) is 13.7. The maximum Gasteiger partial charge on any atom is 0.459 e. The van der Waals surface area contributed by atoms with Gasteiger partial charge in [-0.2, -0.15) is 40.2 Å². The molecule has 1 aromatic heterocycles. The number of benzene rings is 1. The normalized spacial score (nSPS) is 12.8. The molecule has 0 aliphatic carbocycles. The van der Waals surface area contributed by atoms with Crippen LogP contribution in [0.1, 0.15) is 47.6 Å². The Morgan fingerprint density at radius 1 is 1.09 bits per heavy atom. The van der Waals surface area contributed by atoms with Crippen molar-refractivity contribution in [3.05, 3.63) is 46.5 Å². The van der Waals surface area contributed by atoms with Gasteiger partial charge in [-0.05, 0) is 38.1 Å². The van der Waals surface area contributed by atoms with Crippen molar-refractivity contribution in [1.82, 2.24) is 15.1 Å². The van der Waals surface area contributed by atoms with Crippen molar-refractivity contribution in [3.8, 4) is 0 Å². The summed E-state index contributed by atoms with van der Waals surface area (Å²) in [6.07, 6.45) is -11.4. The first-order chi connectivity index (χ1) is 15.6. The molecule has 1 aromatic carbocycles. The van der Waals surface area contributed by atoms with E-state index in [1.165, 1.54) is 13.0 Å². The van der Waals surface area contributed by atoms with Crippen LogP contribution >= 0.6 is 0 Å².